The van der Waals surface area contributed by atoms with Gasteiger partial charge in [-0.15, -0.1) is 12.4 Å². The van der Waals surface area contributed by atoms with Crippen molar-refractivity contribution >= 4 is 30.0 Å². The summed E-state index contributed by atoms with van der Waals surface area (Å²) in [4.78, 5) is 27.3. The number of benzene rings is 1. The molecule has 1 amide bonds. The first-order chi connectivity index (χ1) is 12.6. The Labute approximate surface area is 166 Å². The van der Waals surface area contributed by atoms with Gasteiger partial charge in [0.1, 0.15) is 5.75 Å². The molecule has 0 unspecified atom stereocenters. The lowest BCUT2D eigenvalue weighted by molar-refractivity contribution is -0.139. The number of hydrogen-bond acceptors (Lipinski definition) is 5. The topological polar surface area (TPSA) is 82.1 Å². The zero-order valence-electron chi connectivity index (χ0n) is 15.4. The summed E-state index contributed by atoms with van der Waals surface area (Å²) in [6.07, 6.45) is 2.88. The molecule has 27 heavy (non-hydrogen) atoms. The summed E-state index contributed by atoms with van der Waals surface area (Å²) >= 11 is 0. The summed E-state index contributed by atoms with van der Waals surface area (Å²) in [5.41, 5.74) is 1.07. The quantitative estimate of drug-likeness (QED) is 0.759. The van der Waals surface area contributed by atoms with Crippen molar-refractivity contribution in [3.8, 4) is 5.75 Å². The third-order valence-electron chi connectivity index (χ3n) is 5.12. The molecule has 2 aliphatic heterocycles. The highest BCUT2D eigenvalue weighted by atomic mass is 35.5. The van der Waals surface area contributed by atoms with Gasteiger partial charge in [0.15, 0.2) is 6.61 Å². The third kappa shape index (κ3) is 6.29. The molecule has 150 valence electrons. The van der Waals surface area contributed by atoms with E-state index in [-0.39, 0.29) is 24.9 Å². The van der Waals surface area contributed by atoms with Gasteiger partial charge in [-0.1, -0.05) is 0 Å². The largest absolute Gasteiger partial charge is 0.482 e. The first kappa shape index (κ1) is 21.3. The van der Waals surface area contributed by atoms with Crippen LogP contribution in [0.5, 0.6) is 5.75 Å². The fourth-order valence-corrected chi connectivity index (χ4v) is 3.57. The van der Waals surface area contributed by atoms with Gasteiger partial charge in [0.2, 0.25) is 5.91 Å². The molecule has 0 atom stereocenters. The molecule has 2 aliphatic rings. The average Bonchev–Trinajstić information content (AvgIpc) is 2.68. The zero-order chi connectivity index (χ0) is 18.4. The van der Waals surface area contributed by atoms with E-state index in [0.29, 0.717) is 18.1 Å². The predicted octanol–water partition coefficient (Wildman–Crippen LogP) is 1.61. The van der Waals surface area contributed by atoms with Crippen molar-refractivity contribution in [2.75, 3.05) is 50.8 Å². The van der Waals surface area contributed by atoms with Gasteiger partial charge in [0.05, 0.1) is 0 Å². The Morgan fingerprint density at radius 3 is 2.30 bits per heavy atom. The van der Waals surface area contributed by atoms with E-state index < -0.39 is 5.97 Å². The van der Waals surface area contributed by atoms with E-state index >= 15 is 0 Å². The number of carboxylic acid groups (broad SMARTS) is 1. The van der Waals surface area contributed by atoms with Crippen LogP contribution in [0, 0.1) is 5.92 Å². The minimum atomic E-state index is -0.987. The molecule has 2 saturated heterocycles. The molecular weight excluding hydrogens is 370 g/mol. The predicted molar refractivity (Wildman–Crippen MR) is 106 cm³/mol. The maximum atomic E-state index is 12.5. The second-order valence-corrected chi connectivity index (χ2v) is 6.94. The number of halogens is 1. The molecule has 2 N–H and O–H groups in total. The molecule has 2 fully saturated rings. The summed E-state index contributed by atoms with van der Waals surface area (Å²) in [7, 11) is 0. The molecule has 0 bridgehead atoms. The average molecular weight is 398 g/mol. The van der Waals surface area contributed by atoms with Crippen LogP contribution >= 0.6 is 12.4 Å². The van der Waals surface area contributed by atoms with Gasteiger partial charge in [0.25, 0.3) is 0 Å². The molecule has 0 saturated carbocycles. The van der Waals surface area contributed by atoms with Crippen molar-refractivity contribution in [1.29, 1.82) is 0 Å². The number of ether oxygens (including phenoxy) is 1. The number of nitrogens with one attached hydrogen (secondary N) is 1. The lowest BCUT2D eigenvalue weighted by atomic mass is 9.94. The Morgan fingerprint density at radius 2 is 1.70 bits per heavy atom. The van der Waals surface area contributed by atoms with Gasteiger partial charge in [-0.05, 0) is 56.1 Å². The van der Waals surface area contributed by atoms with Crippen molar-refractivity contribution in [3.05, 3.63) is 24.3 Å². The van der Waals surface area contributed by atoms with Crippen LogP contribution in [0.4, 0.5) is 5.69 Å². The third-order valence-corrected chi connectivity index (χ3v) is 5.12. The molecule has 0 spiro atoms. The van der Waals surface area contributed by atoms with E-state index in [1.807, 2.05) is 17.0 Å². The van der Waals surface area contributed by atoms with Gasteiger partial charge in [-0.2, -0.15) is 0 Å². The number of nitrogens with zero attached hydrogens (tertiary/aromatic N) is 2. The first-order valence-electron chi connectivity index (χ1n) is 9.30. The van der Waals surface area contributed by atoms with E-state index in [1.165, 1.54) is 0 Å². The molecule has 7 nitrogen and oxygen atoms in total. The van der Waals surface area contributed by atoms with Gasteiger partial charge in [-0.25, -0.2) is 4.79 Å². The summed E-state index contributed by atoms with van der Waals surface area (Å²) in [6, 6.07) is 7.44. The van der Waals surface area contributed by atoms with Crippen molar-refractivity contribution in [1.82, 2.24) is 10.2 Å². The van der Waals surface area contributed by atoms with Crippen LogP contribution in [0.15, 0.2) is 24.3 Å². The second kappa shape index (κ2) is 10.4. The van der Waals surface area contributed by atoms with Crippen molar-refractivity contribution in [3.63, 3.8) is 0 Å². The van der Waals surface area contributed by atoms with E-state index in [0.717, 1.165) is 57.8 Å². The van der Waals surface area contributed by atoms with Crippen LogP contribution in [0.1, 0.15) is 19.3 Å². The lowest BCUT2D eigenvalue weighted by Crippen LogP contribution is -2.49. The number of amides is 1. The zero-order valence-corrected chi connectivity index (χ0v) is 16.2. The molecule has 0 radical (unpaired) electrons. The number of carbonyl (C=O) groups is 2. The Kier molecular flexibility index (Phi) is 8.19. The molecule has 0 aromatic heterocycles. The summed E-state index contributed by atoms with van der Waals surface area (Å²) in [5.74, 6) is 0.375. The number of rotatable bonds is 6. The number of carboxylic acids is 1. The molecule has 8 heteroatoms. The molecule has 1 aromatic rings. The standard InChI is InChI=1S/C19H27N3O4.ClH/c23-18(13-15-5-7-20-8-6-15)22-11-9-21(10-12-22)16-1-3-17(4-2-16)26-14-19(24)25;/h1-4,15,20H,5-14H2,(H,24,25);1H. The first-order valence-corrected chi connectivity index (χ1v) is 9.30. The van der Waals surface area contributed by atoms with E-state index in [4.69, 9.17) is 9.84 Å². The van der Waals surface area contributed by atoms with Gasteiger partial charge >= 0.3 is 5.97 Å². The molecule has 2 heterocycles. The number of piperidine rings is 1. The Bertz CT molecular complexity index is 612. The number of hydrogen-bond donors (Lipinski definition) is 2. The van der Waals surface area contributed by atoms with E-state index in [9.17, 15) is 9.59 Å². The number of anilines is 1. The summed E-state index contributed by atoms with van der Waals surface area (Å²) < 4.78 is 5.16. The van der Waals surface area contributed by atoms with Crippen LogP contribution in [0.3, 0.4) is 0 Å². The second-order valence-electron chi connectivity index (χ2n) is 6.94. The molecule has 0 aliphatic carbocycles. The van der Waals surface area contributed by atoms with Gasteiger partial charge in [-0.3, -0.25) is 4.79 Å². The summed E-state index contributed by atoms with van der Waals surface area (Å²) in [5, 5.41) is 12.0. The van der Waals surface area contributed by atoms with Gasteiger partial charge in [0, 0.05) is 38.3 Å². The number of carbonyl (C=O) groups excluding carboxylic acids is 1. The Hall–Kier alpha value is -1.99. The van der Waals surface area contributed by atoms with Crippen LogP contribution in [0.2, 0.25) is 0 Å². The van der Waals surface area contributed by atoms with Gasteiger partial charge < -0.3 is 25.0 Å². The molecule has 1 aromatic carbocycles. The van der Waals surface area contributed by atoms with Crippen LogP contribution < -0.4 is 15.0 Å². The fraction of sp³-hybridized carbons (Fsp3) is 0.579. The highest BCUT2D eigenvalue weighted by Gasteiger charge is 2.24. The van der Waals surface area contributed by atoms with Crippen LogP contribution in [-0.4, -0.2) is 67.8 Å². The Balaban J connectivity index is 0.00000261. The van der Waals surface area contributed by atoms with E-state index in [2.05, 4.69) is 10.2 Å². The van der Waals surface area contributed by atoms with Crippen LogP contribution in [-0.2, 0) is 9.59 Å². The lowest BCUT2D eigenvalue weighted by Gasteiger charge is -2.37. The molecule has 3 rings (SSSR count). The smallest absolute Gasteiger partial charge is 0.341 e. The minimum Gasteiger partial charge on any atom is -0.482 e. The SMILES string of the molecule is Cl.O=C(O)COc1ccc(N2CCN(C(=O)CC3CCNCC3)CC2)cc1. The van der Waals surface area contributed by atoms with Crippen molar-refractivity contribution < 1.29 is 19.4 Å². The van der Waals surface area contributed by atoms with Crippen LogP contribution in [0.25, 0.3) is 0 Å². The monoisotopic (exact) mass is 397 g/mol. The normalized spacial score (nSPS) is 17.9. The maximum Gasteiger partial charge on any atom is 0.341 e. The highest BCUT2D eigenvalue weighted by Crippen LogP contribution is 2.22. The number of aliphatic carboxylic acids is 1. The summed E-state index contributed by atoms with van der Waals surface area (Å²) in [6.45, 7) is 4.84. The van der Waals surface area contributed by atoms with E-state index in [1.54, 1.807) is 12.1 Å². The van der Waals surface area contributed by atoms with Crippen molar-refractivity contribution in [2.24, 2.45) is 5.92 Å². The maximum absolute atomic E-state index is 12.5. The number of piperazine rings is 1. The fourth-order valence-electron chi connectivity index (χ4n) is 3.57. The van der Waals surface area contributed by atoms with Crippen molar-refractivity contribution in [2.45, 2.75) is 19.3 Å². The minimum absolute atomic E-state index is 0. The Morgan fingerprint density at radius 1 is 1.07 bits per heavy atom. The molecular formula is C19H28ClN3O4. The highest BCUT2D eigenvalue weighted by molar-refractivity contribution is 5.85.